The van der Waals surface area contributed by atoms with Crippen LogP contribution in [0.25, 0.3) is 0 Å². The Morgan fingerprint density at radius 2 is 1.00 bits per heavy atom. The van der Waals surface area contributed by atoms with Crippen LogP contribution in [0.15, 0.2) is 0 Å². The number of aliphatic hydroxyl groups is 4. The molecule has 0 aromatic heterocycles. The minimum Gasteiger partial charge on any atom is -0.544 e. The number of hydrogen-bond acceptors (Lipinski definition) is 8. The van der Waals surface area contributed by atoms with Crippen LogP contribution in [0.5, 0.6) is 0 Å². The molecule has 23 heavy (non-hydrogen) atoms. The van der Waals surface area contributed by atoms with Gasteiger partial charge in [-0.05, 0) is 12.8 Å². The van der Waals surface area contributed by atoms with Gasteiger partial charge in [-0.15, -0.1) is 0 Å². The fourth-order valence-corrected chi connectivity index (χ4v) is 1.45. The van der Waals surface area contributed by atoms with Gasteiger partial charge in [-0.2, -0.15) is 0 Å². The van der Waals surface area contributed by atoms with Gasteiger partial charge in [-0.3, -0.25) is 0 Å². The van der Waals surface area contributed by atoms with E-state index in [-0.39, 0.29) is 50.6 Å². The average Bonchev–Trinajstić information content (AvgIpc) is 2.39. The van der Waals surface area contributed by atoms with Crippen LogP contribution in [-0.2, 0) is 9.59 Å². The number of unbranched alkanes of at least 4 members (excludes halogenated alkanes) is 4. The number of aliphatic carboxylic acids is 2. The first-order valence-corrected chi connectivity index (χ1v) is 7.33. The Morgan fingerprint density at radius 1 is 0.739 bits per heavy atom. The third-order valence-electron chi connectivity index (χ3n) is 2.91. The Kier molecular flexibility index (Phi) is 17.4. The van der Waals surface area contributed by atoms with Crippen molar-refractivity contribution in [3.8, 4) is 0 Å². The molecular weight excluding hydrogens is 336 g/mol. The second kappa shape index (κ2) is 14.4. The maximum absolute atomic E-state index is 10.0. The molecule has 0 atom stereocenters. The van der Waals surface area contributed by atoms with Crippen molar-refractivity contribution in [2.24, 2.45) is 0 Å². The van der Waals surface area contributed by atoms with Crippen molar-refractivity contribution in [3.05, 3.63) is 0 Å². The van der Waals surface area contributed by atoms with Gasteiger partial charge in [0.2, 0.25) is 11.6 Å². The molecule has 0 fully saturated rings. The average molecular weight is 362 g/mol. The Balaban J connectivity index is -0.000000333. The molecule has 0 saturated carbocycles. The first-order chi connectivity index (χ1) is 10.0. The maximum atomic E-state index is 10.0. The van der Waals surface area contributed by atoms with Crippen molar-refractivity contribution in [1.82, 2.24) is 0 Å². The van der Waals surface area contributed by atoms with Gasteiger partial charge < -0.3 is 40.2 Å². The first kappa shape index (κ1) is 27.9. The third kappa shape index (κ3) is 15.3. The Morgan fingerprint density at radius 3 is 1.17 bits per heavy atom. The molecule has 0 radical (unpaired) electrons. The summed E-state index contributed by atoms with van der Waals surface area (Å²) in [5, 5.41) is 54.9. The van der Waals surface area contributed by atoms with Gasteiger partial charge in [-0.25, -0.2) is 0 Å². The quantitative estimate of drug-likeness (QED) is 0.190. The molecule has 0 saturated heterocycles. The molecule has 0 heterocycles. The summed E-state index contributed by atoms with van der Waals surface area (Å²) in [6.07, 6.45) is 4.03. The van der Waals surface area contributed by atoms with E-state index in [2.05, 4.69) is 0 Å². The van der Waals surface area contributed by atoms with Crippen molar-refractivity contribution < 1.29 is 40.2 Å². The molecule has 0 spiro atoms. The zero-order valence-electron chi connectivity index (χ0n) is 13.8. The monoisotopic (exact) mass is 362 g/mol. The van der Waals surface area contributed by atoms with E-state index in [1.54, 1.807) is 0 Å². The minimum atomic E-state index is -2.64. The standard InChI is InChI=1S/2C7H14O4.Ca/c2*1-2-3-4-5-7(10,11)6(8)9;/h2*10-11H,2-5H2,1H3,(H,8,9);/q;;+2/p-2. The van der Waals surface area contributed by atoms with Crippen molar-refractivity contribution in [1.29, 1.82) is 0 Å². The van der Waals surface area contributed by atoms with Crippen LogP contribution in [0.4, 0.5) is 0 Å². The largest absolute Gasteiger partial charge is 2.00 e. The van der Waals surface area contributed by atoms with Gasteiger partial charge >= 0.3 is 37.7 Å². The molecule has 0 aliphatic rings. The minimum absolute atomic E-state index is 0. The smallest absolute Gasteiger partial charge is 0.544 e. The molecule has 0 bridgehead atoms. The zero-order valence-corrected chi connectivity index (χ0v) is 16.0. The summed E-state index contributed by atoms with van der Waals surface area (Å²) in [5.41, 5.74) is 0. The van der Waals surface area contributed by atoms with Gasteiger partial charge in [0.15, 0.2) is 0 Å². The number of carboxylic acids is 2. The summed E-state index contributed by atoms with van der Waals surface area (Å²) in [6, 6.07) is 0. The fourth-order valence-electron chi connectivity index (χ4n) is 1.45. The van der Waals surface area contributed by atoms with Crippen LogP contribution < -0.4 is 10.2 Å². The van der Waals surface area contributed by atoms with Crippen molar-refractivity contribution >= 4 is 49.7 Å². The van der Waals surface area contributed by atoms with Gasteiger partial charge in [0.05, 0.1) is 0 Å². The van der Waals surface area contributed by atoms with Crippen molar-refractivity contribution in [2.75, 3.05) is 0 Å². The predicted octanol–water partition coefficient (Wildman–Crippen LogP) is -2.39. The Labute approximate surface area is 166 Å². The van der Waals surface area contributed by atoms with E-state index in [1.807, 2.05) is 13.8 Å². The summed E-state index contributed by atoms with van der Waals surface area (Å²) >= 11 is 0. The van der Waals surface area contributed by atoms with Crippen LogP contribution in [0.1, 0.15) is 65.2 Å². The topological polar surface area (TPSA) is 161 Å². The second-order valence-corrected chi connectivity index (χ2v) is 5.12. The summed E-state index contributed by atoms with van der Waals surface area (Å²) < 4.78 is 0. The van der Waals surface area contributed by atoms with Crippen LogP contribution in [0.2, 0.25) is 0 Å². The van der Waals surface area contributed by atoms with Gasteiger partial charge in [-0.1, -0.05) is 39.5 Å². The molecule has 0 aromatic rings. The number of hydrogen-bond donors (Lipinski definition) is 4. The van der Waals surface area contributed by atoms with Crippen LogP contribution in [0, 0.1) is 0 Å². The normalized spacial score (nSPS) is 11.0. The molecule has 0 aliphatic carbocycles. The van der Waals surface area contributed by atoms with E-state index in [1.165, 1.54) is 0 Å². The van der Waals surface area contributed by atoms with Gasteiger partial charge in [0.25, 0.3) is 0 Å². The molecule has 0 unspecified atom stereocenters. The van der Waals surface area contributed by atoms with Crippen LogP contribution in [-0.4, -0.2) is 81.7 Å². The number of carbonyl (C=O) groups is 2. The SMILES string of the molecule is CCCCCC(O)(O)C(=O)[O-].CCCCCC(O)(O)C(=O)[O-].[Ca+2]. The Bertz CT molecular complexity index is 299. The zero-order chi connectivity index (χ0) is 17.8. The number of rotatable bonds is 10. The molecule has 4 N–H and O–H groups in total. The fraction of sp³-hybridized carbons (Fsp3) is 0.857. The van der Waals surface area contributed by atoms with E-state index in [0.717, 1.165) is 25.7 Å². The van der Waals surface area contributed by atoms with E-state index in [0.29, 0.717) is 12.8 Å². The van der Waals surface area contributed by atoms with Crippen molar-refractivity contribution in [2.45, 2.75) is 76.8 Å². The van der Waals surface area contributed by atoms with Gasteiger partial charge in [0, 0.05) is 12.8 Å². The molecule has 9 heteroatoms. The van der Waals surface area contributed by atoms with E-state index in [9.17, 15) is 19.8 Å². The first-order valence-electron chi connectivity index (χ1n) is 7.33. The second-order valence-electron chi connectivity index (χ2n) is 5.12. The summed E-state index contributed by atoms with van der Waals surface area (Å²) in [4.78, 5) is 20.0. The van der Waals surface area contributed by atoms with E-state index in [4.69, 9.17) is 20.4 Å². The molecular formula is C14H26CaO8. The van der Waals surface area contributed by atoms with Gasteiger partial charge in [0.1, 0.15) is 11.9 Å². The molecule has 0 rings (SSSR count). The molecule has 8 nitrogen and oxygen atoms in total. The summed E-state index contributed by atoms with van der Waals surface area (Å²) in [6.45, 7) is 3.88. The molecule has 0 amide bonds. The molecule has 0 aliphatic heterocycles. The van der Waals surface area contributed by atoms with Crippen LogP contribution >= 0.6 is 0 Å². The van der Waals surface area contributed by atoms with E-state index < -0.39 is 23.5 Å². The van der Waals surface area contributed by atoms with Crippen molar-refractivity contribution in [3.63, 3.8) is 0 Å². The number of carboxylic acid groups (broad SMARTS) is 2. The maximum Gasteiger partial charge on any atom is 2.00 e. The summed E-state index contributed by atoms with van der Waals surface area (Å²) in [7, 11) is 0. The van der Waals surface area contributed by atoms with E-state index >= 15 is 0 Å². The van der Waals surface area contributed by atoms with Crippen LogP contribution in [0.3, 0.4) is 0 Å². The molecule has 0 aromatic carbocycles. The Hall–Kier alpha value is 0.0397. The molecule has 132 valence electrons. The summed E-state index contributed by atoms with van der Waals surface area (Å²) in [5.74, 6) is -8.94. The number of carbonyl (C=O) groups excluding carboxylic acids is 2. The third-order valence-corrected chi connectivity index (χ3v) is 2.91. The predicted molar refractivity (Wildman–Crippen MR) is 78.4 cm³/mol.